The van der Waals surface area contributed by atoms with Gasteiger partial charge in [0, 0.05) is 17.7 Å². The Labute approximate surface area is 130 Å². The van der Waals surface area contributed by atoms with Gasteiger partial charge in [-0.2, -0.15) is 0 Å². The van der Waals surface area contributed by atoms with Crippen molar-refractivity contribution in [3.63, 3.8) is 0 Å². The second-order valence-electron chi connectivity index (χ2n) is 4.69. The molecule has 0 saturated heterocycles. The van der Waals surface area contributed by atoms with Crippen molar-refractivity contribution < 1.29 is 13.2 Å². The smallest absolute Gasteiger partial charge is 0.142 e. The van der Waals surface area contributed by atoms with Crippen LogP contribution in [0, 0.1) is 17.5 Å². The van der Waals surface area contributed by atoms with Gasteiger partial charge in [-0.15, -0.1) is 0 Å². The van der Waals surface area contributed by atoms with E-state index in [1.807, 2.05) is 6.92 Å². The molecule has 0 spiro atoms. The molecule has 0 heterocycles. The lowest BCUT2D eigenvalue weighted by Gasteiger charge is -2.20. The molecule has 5 heteroatoms. The van der Waals surface area contributed by atoms with Gasteiger partial charge in [0.05, 0.1) is 4.47 Å². The minimum atomic E-state index is -0.620. The largest absolute Gasteiger partial charge is 0.310 e. The number of benzene rings is 2. The van der Waals surface area contributed by atoms with Gasteiger partial charge >= 0.3 is 0 Å². The quantitative estimate of drug-likeness (QED) is 0.813. The van der Waals surface area contributed by atoms with E-state index in [4.69, 9.17) is 0 Å². The summed E-state index contributed by atoms with van der Waals surface area (Å²) in [5.74, 6) is -1.61. The molecule has 0 aliphatic rings. The van der Waals surface area contributed by atoms with Crippen LogP contribution in [0.25, 0.3) is 0 Å². The third-order valence-corrected chi connectivity index (χ3v) is 3.86. The molecule has 2 rings (SSSR count). The van der Waals surface area contributed by atoms with Gasteiger partial charge in [-0.3, -0.25) is 0 Å². The van der Waals surface area contributed by atoms with Crippen LogP contribution in [0.3, 0.4) is 0 Å². The number of halogens is 4. The average molecular weight is 358 g/mol. The van der Waals surface area contributed by atoms with E-state index in [1.54, 1.807) is 18.2 Å². The second-order valence-corrected chi connectivity index (χ2v) is 5.55. The van der Waals surface area contributed by atoms with Gasteiger partial charge in [0.2, 0.25) is 0 Å². The van der Waals surface area contributed by atoms with E-state index >= 15 is 0 Å². The van der Waals surface area contributed by atoms with Crippen molar-refractivity contribution in [2.75, 3.05) is 6.54 Å². The van der Waals surface area contributed by atoms with E-state index in [-0.39, 0.29) is 18.3 Å². The van der Waals surface area contributed by atoms with Gasteiger partial charge in [0.15, 0.2) is 0 Å². The van der Waals surface area contributed by atoms with Crippen LogP contribution in [0.1, 0.15) is 24.1 Å². The van der Waals surface area contributed by atoms with Crippen LogP contribution >= 0.6 is 15.9 Å². The molecule has 1 atom stereocenters. The zero-order valence-electron chi connectivity index (χ0n) is 11.5. The lowest BCUT2D eigenvalue weighted by Crippen LogP contribution is -2.24. The summed E-state index contributed by atoms with van der Waals surface area (Å²) in [6.45, 7) is 2.50. The van der Waals surface area contributed by atoms with Gasteiger partial charge in [0.25, 0.3) is 0 Å². The van der Waals surface area contributed by atoms with Crippen LogP contribution in [-0.4, -0.2) is 6.54 Å². The van der Waals surface area contributed by atoms with Crippen molar-refractivity contribution in [1.29, 1.82) is 0 Å². The Kier molecular flexibility index (Phi) is 5.42. The molecule has 1 N–H and O–H groups in total. The lowest BCUT2D eigenvalue weighted by atomic mass is 9.98. The molecule has 2 aromatic rings. The van der Waals surface area contributed by atoms with Gasteiger partial charge in [-0.25, -0.2) is 13.2 Å². The van der Waals surface area contributed by atoms with Crippen molar-refractivity contribution >= 4 is 15.9 Å². The van der Waals surface area contributed by atoms with E-state index < -0.39 is 11.6 Å². The van der Waals surface area contributed by atoms with Gasteiger partial charge in [-0.1, -0.05) is 25.1 Å². The molecule has 112 valence electrons. The molecule has 0 amide bonds. The van der Waals surface area contributed by atoms with E-state index in [9.17, 15) is 13.2 Å². The number of likely N-dealkylation sites (N-methyl/N-ethyl adjacent to an activating group) is 1. The van der Waals surface area contributed by atoms with Crippen molar-refractivity contribution in [3.8, 4) is 0 Å². The summed E-state index contributed by atoms with van der Waals surface area (Å²) in [5.41, 5.74) is 0.802. The molecule has 0 aromatic heterocycles. The Morgan fingerprint density at radius 1 is 1.14 bits per heavy atom. The van der Waals surface area contributed by atoms with Crippen molar-refractivity contribution in [3.05, 3.63) is 69.4 Å². The second kappa shape index (κ2) is 7.09. The van der Waals surface area contributed by atoms with Crippen LogP contribution in [0.15, 0.2) is 40.9 Å². The molecule has 21 heavy (non-hydrogen) atoms. The average Bonchev–Trinajstić information content (AvgIpc) is 2.44. The predicted octanol–water partition coefficient (Wildman–Crippen LogP) is 4.76. The summed E-state index contributed by atoms with van der Waals surface area (Å²) in [6.07, 6.45) is 0.243. The first-order chi connectivity index (χ1) is 10.0. The third-order valence-electron chi connectivity index (χ3n) is 3.25. The maximum absolute atomic E-state index is 14.2. The normalized spacial score (nSPS) is 12.4. The maximum atomic E-state index is 14.2. The number of rotatable bonds is 5. The third kappa shape index (κ3) is 3.86. The molecule has 0 aliphatic heterocycles. The highest BCUT2D eigenvalue weighted by Crippen LogP contribution is 2.27. The van der Waals surface area contributed by atoms with Crippen LogP contribution in [0.5, 0.6) is 0 Å². The van der Waals surface area contributed by atoms with Crippen molar-refractivity contribution in [2.45, 2.75) is 19.4 Å². The molecule has 0 fully saturated rings. The molecule has 1 unspecified atom stereocenters. The standard InChI is InChI=1S/C16H15BrF3N/c1-2-21-15(12-4-3-5-13(17)16(12)20)8-10-6-7-11(18)9-14(10)19/h3-7,9,15,21H,2,8H2,1H3. The molecule has 0 saturated carbocycles. The van der Waals surface area contributed by atoms with Crippen molar-refractivity contribution in [1.82, 2.24) is 5.32 Å². The Hall–Kier alpha value is -1.33. The number of nitrogens with one attached hydrogen (secondary N) is 1. The SMILES string of the molecule is CCNC(Cc1ccc(F)cc1F)c1cccc(Br)c1F. The summed E-state index contributed by atoms with van der Waals surface area (Å²) in [4.78, 5) is 0. The molecular formula is C16H15BrF3N. The maximum Gasteiger partial charge on any atom is 0.142 e. The highest BCUT2D eigenvalue weighted by Gasteiger charge is 2.18. The van der Waals surface area contributed by atoms with E-state index in [2.05, 4.69) is 21.2 Å². The molecular weight excluding hydrogens is 343 g/mol. The minimum Gasteiger partial charge on any atom is -0.310 e. The first-order valence-electron chi connectivity index (χ1n) is 6.64. The summed E-state index contributed by atoms with van der Waals surface area (Å²) >= 11 is 3.15. The van der Waals surface area contributed by atoms with Crippen LogP contribution in [0.4, 0.5) is 13.2 Å². The van der Waals surface area contributed by atoms with Gasteiger partial charge < -0.3 is 5.32 Å². The van der Waals surface area contributed by atoms with E-state index in [0.717, 1.165) is 6.07 Å². The van der Waals surface area contributed by atoms with Crippen LogP contribution in [0.2, 0.25) is 0 Å². The fraction of sp³-hybridized carbons (Fsp3) is 0.250. The molecule has 0 bridgehead atoms. The highest BCUT2D eigenvalue weighted by atomic mass is 79.9. The molecule has 0 radical (unpaired) electrons. The molecule has 0 aliphatic carbocycles. The zero-order chi connectivity index (χ0) is 15.4. The Morgan fingerprint density at radius 3 is 2.57 bits per heavy atom. The first-order valence-corrected chi connectivity index (χ1v) is 7.43. The Balaban J connectivity index is 2.33. The minimum absolute atomic E-state index is 0.243. The fourth-order valence-electron chi connectivity index (χ4n) is 2.24. The predicted molar refractivity (Wildman–Crippen MR) is 80.6 cm³/mol. The van der Waals surface area contributed by atoms with Crippen LogP contribution < -0.4 is 5.32 Å². The molecule has 2 aromatic carbocycles. The van der Waals surface area contributed by atoms with Gasteiger partial charge in [-0.05, 0) is 46.6 Å². The summed E-state index contributed by atoms with van der Waals surface area (Å²) in [5, 5.41) is 3.14. The van der Waals surface area contributed by atoms with Crippen molar-refractivity contribution in [2.24, 2.45) is 0 Å². The lowest BCUT2D eigenvalue weighted by molar-refractivity contribution is 0.493. The van der Waals surface area contributed by atoms with E-state index in [1.165, 1.54) is 12.1 Å². The van der Waals surface area contributed by atoms with Crippen LogP contribution in [-0.2, 0) is 6.42 Å². The Bertz CT molecular complexity index is 631. The number of hydrogen-bond acceptors (Lipinski definition) is 1. The summed E-state index contributed by atoms with van der Waals surface area (Å²) in [7, 11) is 0. The summed E-state index contributed by atoms with van der Waals surface area (Å²) in [6, 6.07) is 8.06. The fourth-order valence-corrected chi connectivity index (χ4v) is 2.62. The topological polar surface area (TPSA) is 12.0 Å². The summed E-state index contributed by atoms with van der Waals surface area (Å²) < 4.78 is 41.3. The van der Waals surface area contributed by atoms with Gasteiger partial charge in [0.1, 0.15) is 17.5 Å². The highest BCUT2D eigenvalue weighted by molar-refractivity contribution is 9.10. The Morgan fingerprint density at radius 2 is 1.90 bits per heavy atom. The monoisotopic (exact) mass is 357 g/mol. The number of hydrogen-bond donors (Lipinski definition) is 1. The van der Waals surface area contributed by atoms with E-state index in [0.29, 0.717) is 22.1 Å². The first kappa shape index (κ1) is 16.0. The zero-order valence-corrected chi connectivity index (χ0v) is 13.1. The molecule has 1 nitrogen and oxygen atoms in total.